The summed E-state index contributed by atoms with van der Waals surface area (Å²) in [5.74, 6) is 1.31. The lowest BCUT2D eigenvalue weighted by atomic mass is 9.89. The summed E-state index contributed by atoms with van der Waals surface area (Å²) >= 11 is 3.61. The van der Waals surface area contributed by atoms with Crippen LogP contribution in [0.15, 0.2) is 10.7 Å². The molecule has 0 bridgehead atoms. The molecule has 1 heterocycles. The Morgan fingerprint density at radius 3 is 2.84 bits per heavy atom. The van der Waals surface area contributed by atoms with Gasteiger partial charge in [0.05, 0.1) is 29.0 Å². The normalized spacial score (nSPS) is 25.2. The highest BCUT2D eigenvalue weighted by molar-refractivity contribution is 9.10. The maximum atomic E-state index is 6.54. The average molecular weight is 329 g/mol. The lowest BCUT2D eigenvalue weighted by Crippen LogP contribution is -2.28. The molecule has 1 aliphatic rings. The largest absolute Gasteiger partial charge is 0.322 e. The van der Waals surface area contributed by atoms with Gasteiger partial charge in [0.25, 0.3) is 0 Å². The van der Waals surface area contributed by atoms with Crippen LogP contribution in [0.2, 0.25) is 0 Å². The first-order valence-electron chi connectivity index (χ1n) is 7.12. The second-order valence-corrected chi connectivity index (χ2v) is 6.86. The second-order valence-electron chi connectivity index (χ2n) is 6.00. The van der Waals surface area contributed by atoms with E-state index in [1.807, 2.05) is 6.20 Å². The van der Waals surface area contributed by atoms with E-state index in [2.05, 4.69) is 51.6 Å². The molecule has 5 heteroatoms. The highest BCUT2D eigenvalue weighted by Gasteiger charge is 2.32. The maximum Gasteiger partial charge on any atom is 0.0696 e. The Balaban J connectivity index is 2.15. The van der Waals surface area contributed by atoms with E-state index in [4.69, 9.17) is 5.73 Å². The van der Waals surface area contributed by atoms with Gasteiger partial charge in [-0.15, -0.1) is 0 Å². The highest BCUT2D eigenvalue weighted by atomic mass is 79.9. The van der Waals surface area contributed by atoms with Gasteiger partial charge in [-0.2, -0.15) is 5.10 Å². The molecule has 19 heavy (non-hydrogen) atoms. The van der Waals surface area contributed by atoms with Crippen LogP contribution in [0.25, 0.3) is 0 Å². The predicted octanol–water partition coefficient (Wildman–Crippen LogP) is 2.64. The van der Waals surface area contributed by atoms with Crippen molar-refractivity contribution in [2.24, 2.45) is 17.6 Å². The van der Waals surface area contributed by atoms with Gasteiger partial charge in [0.15, 0.2) is 0 Å². The number of likely N-dealkylation sites (N-methyl/N-ethyl adjacent to an activating group) is 1. The molecule has 1 saturated carbocycles. The van der Waals surface area contributed by atoms with Gasteiger partial charge in [0.1, 0.15) is 0 Å². The van der Waals surface area contributed by atoms with Gasteiger partial charge in [0, 0.05) is 6.54 Å². The molecule has 108 valence electrons. The molecule has 3 atom stereocenters. The molecule has 1 aliphatic carbocycles. The van der Waals surface area contributed by atoms with Gasteiger partial charge >= 0.3 is 0 Å². The van der Waals surface area contributed by atoms with E-state index in [0.717, 1.165) is 23.5 Å². The first-order chi connectivity index (χ1) is 9.00. The van der Waals surface area contributed by atoms with Crippen LogP contribution in [0.1, 0.15) is 37.9 Å². The lowest BCUT2D eigenvalue weighted by Gasteiger charge is -2.25. The molecule has 0 aliphatic heterocycles. The van der Waals surface area contributed by atoms with Gasteiger partial charge < -0.3 is 10.6 Å². The van der Waals surface area contributed by atoms with E-state index in [0.29, 0.717) is 5.92 Å². The molecule has 4 nitrogen and oxygen atoms in total. The third-order valence-corrected chi connectivity index (χ3v) is 4.91. The first-order valence-corrected chi connectivity index (χ1v) is 7.91. The number of hydrogen-bond donors (Lipinski definition) is 1. The van der Waals surface area contributed by atoms with Crippen molar-refractivity contribution in [3.8, 4) is 0 Å². The van der Waals surface area contributed by atoms with Crippen molar-refractivity contribution in [2.45, 2.75) is 38.8 Å². The zero-order chi connectivity index (χ0) is 14.0. The van der Waals surface area contributed by atoms with Crippen LogP contribution >= 0.6 is 15.9 Å². The third-order valence-electron chi connectivity index (χ3n) is 4.30. The number of halogens is 1. The van der Waals surface area contributed by atoms with Crippen molar-refractivity contribution in [3.63, 3.8) is 0 Å². The number of nitrogens with two attached hydrogens (primary N) is 1. The fraction of sp³-hybridized carbons (Fsp3) is 0.786. The SMILES string of the molecule is CC1CCCC1C(N)c1c(Br)cnn1CCN(C)C. The smallest absolute Gasteiger partial charge is 0.0696 e. The van der Waals surface area contributed by atoms with Crippen molar-refractivity contribution >= 4 is 15.9 Å². The Morgan fingerprint density at radius 2 is 2.26 bits per heavy atom. The molecule has 1 aromatic rings. The summed E-state index contributed by atoms with van der Waals surface area (Å²) in [5, 5.41) is 4.47. The molecule has 0 radical (unpaired) electrons. The van der Waals surface area contributed by atoms with Crippen molar-refractivity contribution in [3.05, 3.63) is 16.4 Å². The fourth-order valence-electron chi connectivity index (χ4n) is 3.09. The summed E-state index contributed by atoms with van der Waals surface area (Å²) in [6.45, 7) is 4.20. The Kier molecular flexibility index (Phi) is 5.03. The van der Waals surface area contributed by atoms with Crippen molar-refractivity contribution in [1.29, 1.82) is 0 Å². The van der Waals surface area contributed by atoms with Gasteiger partial charge in [-0.3, -0.25) is 4.68 Å². The number of rotatable bonds is 5. The molecule has 0 saturated heterocycles. The van der Waals surface area contributed by atoms with Crippen LogP contribution in [0.4, 0.5) is 0 Å². The second kappa shape index (κ2) is 6.37. The van der Waals surface area contributed by atoms with E-state index < -0.39 is 0 Å². The van der Waals surface area contributed by atoms with Crippen LogP contribution in [-0.4, -0.2) is 35.3 Å². The summed E-state index contributed by atoms with van der Waals surface area (Å²) in [4.78, 5) is 2.17. The summed E-state index contributed by atoms with van der Waals surface area (Å²) in [6.07, 6.45) is 5.74. The summed E-state index contributed by atoms with van der Waals surface area (Å²) < 4.78 is 3.12. The van der Waals surface area contributed by atoms with E-state index in [9.17, 15) is 0 Å². The molecular weight excluding hydrogens is 304 g/mol. The van der Waals surface area contributed by atoms with Gasteiger partial charge in [-0.05, 0) is 48.3 Å². The van der Waals surface area contributed by atoms with Crippen LogP contribution in [0, 0.1) is 11.8 Å². The third kappa shape index (κ3) is 3.38. The Labute approximate surface area is 124 Å². The average Bonchev–Trinajstić information content (AvgIpc) is 2.92. The Hall–Kier alpha value is -0.390. The molecule has 2 rings (SSSR count). The zero-order valence-corrected chi connectivity index (χ0v) is 13.7. The molecule has 1 aromatic heterocycles. The van der Waals surface area contributed by atoms with E-state index >= 15 is 0 Å². The molecule has 0 spiro atoms. The minimum absolute atomic E-state index is 0.0940. The molecule has 0 aromatic carbocycles. The lowest BCUT2D eigenvalue weighted by molar-refractivity contribution is 0.321. The molecular formula is C14H25BrN4. The van der Waals surface area contributed by atoms with Gasteiger partial charge in [0.2, 0.25) is 0 Å². The monoisotopic (exact) mass is 328 g/mol. The number of nitrogens with zero attached hydrogens (tertiary/aromatic N) is 3. The predicted molar refractivity (Wildman–Crippen MR) is 81.9 cm³/mol. The van der Waals surface area contributed by atoms with Gasteiger partial charge in [-0.25, -0.2) is 0 Å². The van der Waals surface area contributed by atoms with E-state index in [1.54, 1.807) is 0 Å². The van der Waals surface area contributed by atoms with Crippen LogP contribution in [0.3, 0.4) is 0 Å². The van der Waals surface area contributed by atoms with Crippen LogP contribution in [-0.2, 0) is 6.54 Å². The van der Waals surface area contributed by atoms with Crippen molar-refractivity contribution < 1.29 is 0 Å². The number of hydrogen-bond acceptors (Lipinski definition) is 3. The first kappa shape index (κ1) is 15.0. The van der Waals surface area contributed by atoms with Crippen LogP contribution < -0.4 is 5.73 Å². The maximum absolute atomic E-state index is 6.54. The Morgan fingerprint density at radius 1 is 1.53 bits per heavy atom. The molecule has 1 fully saturated rings. The molecule has 0 amide bonds. The number of aromatic nitrogens is 2. The fourth-order valence-corrected chi connectivity index (χ4v) is 3.65. The summed E-state index contributed by atoms with van der Waals surface area (Å²) in [7, 11) is 4.16. The quantitative estimate of drug-likeness (QED) is 0.903. The van der Waals surface area contributed by atoms with Crippen LogP contribution in [0.5, 0.6) is 0 Å². The minimum Gasteiger partial charge on any atom is -0.322 e. The summed E-state index contributed by atoms with van der Waals surface area (Å²) in [6, 6.07) is 0.0940. The minimum atomic E-state index is 0.0940. The molecule has 2 N–H and O–H groups in total. The standard InChI is InChI=1S/C14H25BrN4/c1-10-5-4-6-11(10)13(16)14-12(15)9-17-19(14)8-7-18(2)3/h9-11,13H,4-8,16H2,1-3H3. The topological polar surface area (TPSA) is 47.1 Å². The van der Waals surface area contributed by atoms with E-state index in [-0.39, 0.29) is 6.04 Å². The molecule has 3 unspecified atom stereocenters. The Bertz CT molecular complexity index is 416. The van der Waals surface area contributed by atoms with E-state index in [1.165, 1.54) is 25.0 Å². The van der Waals surface area contributed by atoms with Crippen molar-refractivity contribution in [1.82, 2.24) is 14.7 Å². The van der Waals surface area contributed by atoms with Crippen molar-refractivity contribution in [2.75, 3.05) is 20.6 Å². The summed E-state index contributed by atoms with van der Waals surface area (Å²) in [5.41, 5.74) is 7.71. The zero-order valence-electron chi connectivity index (χ0n) is 12.1. The van der Waals surface area contributed by atoms with Gasteiger partial charge in [-0.1, -0.05) is 19.8 Å². The highest BCUT2D eigenvalue weighted by Crippen LogP contribution is 2.40.